The molecule has 0 unspecified atom stereocenters. The minimum absolute atomic E-state index is 0.147. The highest BCUT2D eigenvalue weighted by atomic mass is 32.1. The van der Waals surface area contributed by atoms with E-state index in [1.807, 2.05) is 39.8 Å². The Kier molecular flexibility index (Phi) is 13.3. The maximum Gasteiger partial charge on any atom is 0.416 e. The molecule has 3 saturated heterocycles. The maximum atomic E-state index is 14.0. The number of aromatic nitrogens is 5. The van der Waals surface area contributed by atoms with E-state index >= 15 is 0 Å². The molecule has 16 nitrogen and oxygen atoms in total. The number of carbonyl (C=O) groups is 4. The van der Waals surface area contributed by atoms with Gasteiger partial charge in [0.25, 0.3) is 0 Å². The second-order valence-electron chi connectivity index (χ2n) is 19.2. The van der Waals surface area contributed by atoms with Gasteiger partial charge in [0.1, 0.15) is 33.7 Å². The van der Waals surface area contributed by atoms with Crippen LogP contribution in [0.1, 0.15) is 119 Å². The fraction of sp³-hybridized carbons (Fsp3) is 0.460. The topological polar surface area (TPSA) is 193 Å². The van der Waals surface area contributed by atoms with E-state index < -0.39 is 36.0 Å². The van der Waals surface area contributed by atoms with Crippen molar-refractivity contribution in [3.05, 3.63) is 95.2 Å². The summed E-state index contributed by atoms with van der Waals surface area (Å²) in [5.41, 5.74) is 4.93. The van der Waals surface area contributed by atoms with Crippen LogP contribution in [0.5, 0.6) is 0 Å². The number of anilines is 1. The lowest BCUT2D eigenvalue weighted by Crippen LogP contribution is -2.51. The van der Waals surface area contributed by atoms with Crippen LogP contribution >= 0.6 is 11.3 Å². The summed E-state index contributed by atoms with van der Waals surface area (Å²) in [6.07, 6.45) is -0.0952. The molecule has 6 aromatic rings. The number of likely N-dealkylation sites (tertiary alicyclic amines) is 2. The zero-order valence-electron chi connectivity index (χ0n) is 39.8. The number of alkyl carbamates (subject to hydrolysis) is 1. The van der Waals surface area contributed by atoms with Gasteiger partial charge < -0.3 is 39.8 Å². The molecule has 6 atom stereocenters. The van der Waals surface area contributed by atoms with Crippen LogP contribution in [-0.2, 0) is 20.5 Å². The fourth-order valence-corrected chi connectivity index (χ4v) is 11.6. The van der Waals surface area contributed by atoms with Crippen LogP contribution in [0.25, 0.3) is 32.6 Å². The van der Waals surface area contributed by atoms with E-state index in [1.54, 1.807) is 16.0 Å². The lowest BCUT2D eigenvalue weighted by Gasteiger charge is -2.33. The van der Waals surface area contributed by atoms with Gasteiger partial charge in [-0.15, -0.1) is 0 Å². The zero-order chi connectivity index (χ0) is 49.8. The van der Waals surface area contributed by atoms with Crippen molar-refractivity contribution in [2.45, 2.75) is 109 Å². The van der Waals surface area contributed by atoms with Gasteiger partial charge in [-0.3, -0.25) is 14.5 Å². The first-order chi connectivity index (χ1) is 33.4. The molecule has 0 aliphatic carbocycles. The highest BCUT2D eigenvalue weighted by molar-refractivity contribution is 7.18. The number of aromatic amines is 2. The predicted octanol–water partition coefficient (Wildman–Crippen LogP) is 10.0. The van der Waals surface area contributed by atoms with Gasteiger partial charge in [0.15, 0.2) is 0 Å². The molecule has 3 aliphatic heterocycles. The number of imidazole rings is 2. The number of nitrogens with one attached hydrogen (secondary N) is 3. The van der Waals surface area contributed by atoms with Gasteiger partial charge >= 0.3 is 18.4 Å². The van der Waals surface area contributed by atoms with Crippen molar-refractivity contribution in [3.63, 3.8) is 0 Å². The summed E-state index contributed by atoms with van der Waals surface area (Å²) in [5, 5.41) is 13.9. The quantitative estimate of drug-likeness (QED) is 0.0917. The zero-order valence-corrected chi connectivity index (χ0v) is 40.6. The van der Waals surface area contributed by atoms with E-state index in [9.17, 15) is 37.5 Å². The number of hydrogen-bond acceptors (Lipinski definition) is 10. The molecule has 70 heavy (non-hydrogen) atoms. The molecule has 4 amide bonds. The summed E-state index contributed by atoms with van der Waals surface area (Å²) in [4.78, 5) is 80.7. The summed E-state index contributed by atoms with van der Waals surface area (Å²) in [6.45, 7) is 8.45. The first-order valence-electron chi connectivity index (χ1n) is 23.7. The van der Waals surface area contributed by atoms with Crippen molar-refractivity contribution >= 4 is 62.4 Å². The third kappa shape index (κ3) is 9.24. The van der Waals surface area contributed by atoms with Crippen LogP contribution in [0.15, 0.2) is 66.9 Å². The molecule has 0 radical (unpaired) electrons. The minimum Gasteiger partial charge on any atom is -0.465 e. The van der Waals surface area contributed by atoms with Crippen LogP contribution in [0.3, 0.4) is 0 Å². The second kappa shape index (κ2) is 19.2. The van der Waals surface area contributed by atoms with Gasteiger partial charge in [0.2, 0.25) is 11.8 Å². The Morgan fingerprint density at radius 1 is 0.786 bits per heavy atom. The number of methoxy groups -OCH3 is 1. The number of H-pyrrole nitrogens is 2. The smallest absolute Gasteiger partial charge is 0.416 e. The minimum atomic E-state index is -4.47. The van der Waals surface area contributed by atoms with Gasteiger partial charge in [-0.2, -0.15) is 13.2 Å². The van der Waals surface area contributed by atoms with Crippen molar-refractivity contribution in [3.8, 4) is 10.6 Å². The van der Waals surface area contributed by atoms with Crippen LogP contribution in [0, 0.1) is 11.8 Å². The van der Waals surface area contributed by atoms with Gasteiger partial charge in [0.05, 0.1) is 65.1 Å². The van der Waals surface area contributed by atoms with Gasteiger partial charge in [-0.05, 0) is 97.9 Å². The Hall–Kier alpha value is -6.70. The number of likely N-dealkylation sites (N-methyl/N-ethyl adjacent to an activating group) is 1. The Morgan fingerprint density at radius 2 is 1.33 bits per heavy atom. The van der Waals surface area contributed by atoms with Crippen LogP contribution in [0.4, 0.5) is 27.8 Å². The summed E-state index contributed by atoms with van der Waals surface area (Å²) in [5.74, 6) is 0.438. The number of carbonyl (C=O) groups excluding carboxylic acids is 3. The third-order valence-corrected chi connectivity index (χ3v) is 15.2. The molecule has 0 spiro atoms. The lowest BCUT2D eigenvalue weighted by molar-refractivity contribution is -0.139. The van der Waals surface area contributed by atoms with E-state index in [0.29, 0.717) is 48.2 Å². The SMILES string of the molecule is COC(=O)N[C@H](C(=O)N1CCC[C@H]1c1nc2ccc([C@H]3CC[C@H](c4ccc5nc([C@@H]6CCCN6C(=O)[C@H](C(C)C)N(C)C(=O)O)[nH]c5c4)N3c3cnc(-c4ccc(C(F)(F)F)cc4)s3)cc2[nH]1)C(C)C. The Bertz CT molecular complexity index is 2920. The highest BCUT2D eigenvalue weighted by Crippen LogP contribution is 2.50. The van der Waals surface area contributed by atoms with Gasteiger partial charge in [-0.25, -0.2) is 24.5 Å². The van der Waals surface area contributed by atoms with Crippen molar-refractivity contribution in [2.75, 3.05) is 32.1 Å². The number of thiazole rings is 1. The Labute approximate surface area is 406 Å². The number of nitrogens with zero attached hydrogens (tertiary/aromatic N) is 7. The molecule has 0 bridgehead atoms. The average Bonchev–Trinajstić information content (AvgIpc) is 4.19. The van der Waals surface area contributed by atoms with Gasteiger partial charge in [0, 0.05) is 25.7 Å². The van der Waals surface area contributed by atoms with Gasteiger partial charge in [-0.1, -0.05) is 63.3 Å². The van der Waals surface area contributed by atoms with Crippen molar-refractivity contribution < 1.29 is 42.2 Å². The summed E-state index contributed by atoms with van der Waals surface area (Å²) in [6, 6.07) is 14.7. The standard InChI is InChI=1S/C50H57F3N10O6S/c1-26(2)41(59-48(66)69-6)46(64)61-21-7-9-38(61)43-55-32-17-13-29(23-34(32)57-43)36-19-20-37(63(36)40-25-54-45(70-40)28-11-15-31(16-12-28)50(51,52)53)30-14-18-33-35(24-30)58-44(56-33)39-10-8-22-62(39)47(65)42(27(3)4)60(5)49(67)68/h11-18,23-27,36-39,41-42H,7-10,19-22H2,1-6H3,(H,55,57)(H,56,58)(H,59,66)(H,67,68)/t36-,37-,38+,39+,41+,42+/m1/s1. The average molecular weight is 983 g/mol. The molecule has 370 valence electrons. The number of fused-ring (bicyclic) bond motifs is 2. The lowest BCUT2D eigenvalue weighted by atomic mass is 10.0. The van der Waals surface area contributed by atoms with E-state index in [2.05, 4.69) is 44.5 Å². The maximum absolute atomic E-state index is 14.0. The normalized spacial score (nSPS) is 20.5. The predicted molar refractivity (Wildman–Crippen MR) is 258 cm³/mol. The molecule has 3 fully saturated rings. The molecule has 4 N–H and O–H groups in total. The second-order valence-corrected chi connectivity index (χ2v) is 20.2. The molecule has 3 aliphatic rings. The summed E-state index contributed by atoms with van der Waals surface area (Å²) in [7, 11) is 2.69. The van der Waals surface area contributed by atoms with Crippen molar-refractivity contribution in [1.29, 1.82) is 0 Å². The number of ether oxygens (including phenoxy) is 1. The molecule has 6 heterocycles. The molecule has 0 saturated carbocycles. The van der Waals surface area contributed by atoms with Crippen LogP contribution < -0.4 is 10.2 Å². The monoisotopic (exact) mass is 982 g/mol. The number of amides is 4. The van der Waals surface area contributed by atoms with E-state index in [4.69, 9.17) is 19.7 Å². The molecular weight excluding hydrogens is 926 g/mol. The first-order valence-corrected chi connectivity index (χ1v) is 24.6. The van der Waals surface area contributed by atoms with E-state index in [0.717, 1.165) is 80.9 Å². The molecule has 9 rings (SSSR count). The fourth-order valence-electron chi connectivity index (χ4n) is 10.6. The number of rotatable bonds is 12. The molecular formula is C50H57F3N10O6S. The third-order valence-electron chi connectivity index (χ3n) is 14.1. The number of benzene rings is 3. The number of hydrogen-bond donors (Lipinski definition) is 4. The molecule has 3 aromatic heterocycles. The Morgan fingerprint density at radius 3 is 1.81 bits per heavy atom. The van der Waals surface area contributed by atoms with Crippen LogP contribution in [0.2, 0.25) is 0 Å². The van der Waals surface area contributed by atoms with E-state index in [1.165, 1.54) is 37.6 Å². The van der Waals surface area contributed by atoms with Crippen LogP contribution in [-0.4, -0.2) is 108 Å². The summed E-state index contributed by atoms with van der Waals surface area (Å²) >= 11 is 1.41. The van der Waals surface area contributed by atoms with E-state index in [-0.39, 0.29) is 47.8 Å². The number of halogens is 3. The molecule has 3 aromatic carbocycles. The van der Waals surface area contributed by atoms with Crippen molar-refractivity contribution in [1.82, 2.24) is 44.9 Å². The molecule has 20 heteroatoms. The number of carboxylic acid groups (broad SMARTS) is 1. The summed E-state index contributed by atoms with van der Waals surface area (Å²) < 4.78 is 45.3. The number of alkyl halides is 3. The largest absolute Gasteiger partial charge is 0.465 e. The Balaban J connectivity index is 1.03. The first kappa shape index (κ1) is 48.3. The van der Waals surface area contributed by atoms with Crippen molar-refractivity contribution in [2.24, 2.45) is 11.8 Å². The highest BCUT2D eigenvalue weighted by Gasteiger charge is 2.42.